The SMILES string of the molecule is COCC(C)Nc1nc(C)cn1-c1ccc(C(C)C)cc1. The van der Waals surface area contributed by atoms with Crippen LogP contribution < -0.4 is 5.32 Å². The van der Waals surface area contributed by atoms with Crippen LogP contribution in [0.4, 0.5) is 5.95 Å². The first-order chi connectivity index (χ1) is 10.0. The second kappa shape index (κ2) is 6.76. The maximum atomic E-state index is 5.17. The molecule has 1 N–H and O–H groups in total. The predicted octanol–water partition coefficient (Wildman–Crippen LogP) is 3.75. The molecule has 4 nitrogen and oxygen atoms in total. The predicted molar refractivity (Wildman–Crippen MR) is 87.4 cm³/mol. The summed E-state index contributed by atoms with van der Waals surface area (Å²) in [6.45, 7) is 9.15. The Morgan fingerprint density at radius 2 is 1.86 bits per heavy atom. The highest BCUT2D eigenvalue weighted by Crippen LogP contribution is 2.20. The van der Waals surface area contributed by atoms with Gasteiger partial charge in [0.15, 0.2) is 0 Å². The van der Waals surface area contributed by atoms with Gasteiger partial charge in [0.2, 0.25) is 5.95 Å². The second-order valence-electron chi connectivity index (χ2n) is 5.82. The van der Waals surface area contributed by atoms with Gasteiger partial charge in [0.1, 0.15) is 0 Å². The molecule has 1 aromatic carbocycles. The van der Waals surface area contributed by atoms with Crippen LogP contribution in [-0.4, -0.2) is 29.3 Å². The van der Waals surface area contributed by atoms with E-state index in [-0.39, 0.29) is 6.04 Å². The van der Waals surface area contributed by atoms with Crippen LogP contribution in [0.2, 0.25) is 0 Å². The van der Waals surface area contributed by atoms with Gasteiger partial charge in [-0.05, 0) is 37.5 Å². The molecule has 21 heavy (non-hydrogen) atoms. The summed E-state index contributed by atoms with van der Waals surface area (Å²) in [5.74, 6) is 1.40. The molecule has 1 aromatic heterocycles. The van der Waals surface area contributed by atoms with Crippen molar-refractivity contribution in [3.8, 4) is 5.69 Å². The summed E-state index contributed by atoms with van der Waals surface area (Å²) in [4.78, 5) is 4.56. The molecule has 0 aliphatic carbocycles. The number of nitrogens with one attached hydrogen (secondary N) is 1. The zero-order chi connectivity index (χ0) is 15.4. The largest absolute Gasteiger partial charge is 0.383 e. The van der Waals surface area contributed by atoms with Gasteiger partial charge in [-0.3, -0.25) is 4.57 Å². The van der Waals surface area contributed by atoms with Crippen molar-refractivity contribution in [2.45, 2.75) is 39.7 Å². The molecule has 0 amide bonds. The molecule has 4 heteroatoms. The molecule has 0 bridgehead atoms. The van der Waals surface area contributed by atoms with Crippen molar-refractivity contribution in [1.82, 2.24) is 9.55 Å². The molecule has 2 aromatic rings. The topological polar surface area (TPSA) is 39.1 Å². The Kier molecular flexibility index (Phi) is 5.02. The van der Waals surface area contributed by atoms with Crippen LogP contribution in [0.5, 0.6) is 0 Å². The van der Waals surface area contributed by atoms with Gasteiger partial charge >= 0.3 is 0 Å². The third-order valence-electron chi connectivity index (χ3n) is 3.46. The number of rotatable bonds is 6. The average Bonchev–Trinajstić information content (AvgIpc) is 2.79. The smallest absolute Gasteiger partial charge is 0.208 e. The molecule has 0 saturated carbocycles. The number of ether oxygens (including phenoxy) is 1. The molecule has 2 rings (SSSR count). The molecule has 0 saturated heterocycles. The van der Waals surface area contributed by atoms with E-state index < -0.39 is 0 Å². The third kappa shape index (κ3) is 3.85. The van der Waals surface area contributed by atoms with Gasteiger partial charge in [0, 0.05) is 25.0 Å². The van der Waals surface area contributed by atoms with Gasteiger partial charge in [-0.25, -0.2) is 4.98 Å². The number of benzene rings is 1. The maximum Gasteiger partial charge on any atom is 0.208 e. The van der Waals surface area contributed by atoms with E-state index in [0.717, 1.165) is 17.3 Å². The van der Waals surface area contributed by atoms with Crippen LogP contribution in [0.1, 0.15) is 37.9 Å². The minimum absolute atomic E-state index is 0.213. The summed E-state index contributed by atoms with van der Waals surface area (Å²) in [6.07, 6.45) is 2.05. The van der Waals surface area contributed by atoms with Crippen molar-refractivity contribution in [1.29, 1.82) is 0 Å². The van der Waals surface area contributed by atoms with E-state index in [1.54, 1.807) is 7.11 Å². The minimum atomic E-state index is 0.213. The van der Waals surface area contributed by atoms with Crippen LogP contribution >= 0.6 is 0 Å². The van der Waals surface area contributed by atoms with Crippen molar-refractivity contribution in [2.75, 3.05) is 19.0 Å². The summed E-state index contributed by atoms with van der Waals surface area (Å²) >= 11 is 0. The molecule has 0 aliphatic rings. The average molecular weight is 287 g/mol. The van der Waals surface area contributed by atoms with Crippen molar-refractivity contribution in [3.63, 3.8) is 0 Å². The van der Waals surface area contributed by atoms with Gasteiger partial charge < -0.3 is 10.1 Å². The fraction of sp³-hybridized carbons (Fsp3) is 0.471. The first-order valence-corrected chi connectivity index (χ1v) is 7.43. The Hall–Kier alpha value is -1.81. The fourth-order valence-electron chi connectivity index (χ4n) is 2.33. The normalized spacial score (nSPS) is 12.7. The molecule has 0 spiro atoms. The van der Waals surface area contributed by atoms with Crippen LogP contribution in [-0.2, 0) is 4.74 Å². The number of aromatic nitrogens is 2. The van der Waals surface area contributed by atoms with Gasteiger partial charge in [-0.15, -0.1) is 0 Å². The fourth-order valence-corrected chi connectivity index (χ4v) is 2.33. The lowest BCUT2D eigenvalue weighted by Crippen LogP contribution is -2.22. The van der Waals surface area contributed by atoms with Crippen LogP contribution in [0.15, 0.2) is 30.5 Å². The van der Waals surface area contributed by atoms with Gasteiger partial charge in [0.05, 0.1) is 12.3 Å². The Balaban J connectivity index is 2.26. The van der Waals surface area contributed by atoms with Gasteiger partial charge in [0.25, 0.3) is 0 Å². The lowest BCUT2D eigenvalue weighted by molar-refractivity contribution is 0.190. The number of methoxy groups -OCH3 is 1. The Labute approximate surface area is 127 Å². The molecule has 114 valence electrons. The third-order valence-corrected chi connectivity index (χ3v) is 3.46. The molecule has 1 atom stereocenters. The summed E-state index contributed by atoms with van der Waals surface area (Å²) in [7, 11) is 1.71. The van der Waals surface area contributed by atoms with E-state index in [1.165, 1.54) is 5.56 Å². The molecule has 0 aliphatic heterocycles. The Bertz CT molecular complexity index is 572. The molecular formula is C17H25N3O. The van der Waals surface area contributed by atoms with E-state index in [9.17, 15) is 0 Å². The second-order valence-corrected chi connectivity index (χ2v) is 5.82. The number of hydrogen-bond donors (Lipinski definition) is 1. The molecule has 1 heterocycles. The molecule has 0 fully saturated rings. The van der Waals surface area contributed by atoms with Crippen molar-refractivity contribution in [3.05, 3.63) is 41.7 Å². The van der Waals surface area contributed by atoms with E-state index >= 15 is 0 Å². The minimum Gasteiger partial charge on any atom is -0.383 e. The Morgan fingerprint density at radius 1 is 1.19 bits per heavy atom. The van der Waals surface area contributed by atoms with Gasteiger partial charge in [-0.1, -0.05) is 26.0 Å². The zero-order valence-corrected chi connectivity index (χ0v) is 13.6. The number of anilines is 1. The maximum absolute atomic E-state index is 5.17. The lowest BCUT2D eigenvalue weighted by atomic mass is 10.0. The first-order valence-electron chi connectivity index (χ1n) is 7.43. The Morgan fingerprint density at radius 3 is 2.43 bits per heavy atom. The number of hydrogen-bond acceptors (Lipinski definition) is 3. The quantitative estimate of drug-likeness (QED) is 0.879. The van der Waals surface area contributed by atoms with E-state index in [4.69, 9.17) is 4.74 Å². The van der Waals surface area contributed by atoms with Crippen LogP contribution in [0, 0.1) is 6.92 Å². The van der Waals surface area contributed by atoms with Crippen molar-refractivity contribution >= 4 is 5.95 Å². The van der Waals surface area contributed by atoms with E-state index in [1.807, 2.05) is 13.1 Å². The van der Waals surface area contributed by atoms with Crippen LogP contribution in [0.3, 0.4) is 0 Å². The highest BCUT2D eigenvalue weighted by Gasteiger charge is 2.10. The summed E-state index contributed by atoms with van der Waals surface area (Å²) in [6, 6.07) is 8.85. The summed E-state index contributed by atoms with van der Waals surface area (Å²) in [5, 5.41) is 3.39. The zero-order valence-electron chi connectivity index (χ0n) is 13.6. The molecular weight excluding hydrogens is 262 g/mol. The number of nitrogens with zero attached hydrogens (tertiary/aromatic N) is 2. The highest BCUT2D eigenvalue weighted by atomic mass is 16.5. The van der Waals surface area contributed by atoms with Crippen LogP contribution in [0.25, 0.3) is 5.69 Å². The molecule has 0 radical (unpaired) electrons. The molecule has 1 unspecified atom stereocenters. The standard InChI is InChI=1S/C17H25N3O/c1-12(2)15-6-8-16(9-7-15)20-10-13(3)18-17(20)19-14(4)11-21-5/h6-10,12,14H,11H2,1-5H3,(H,18,19). The van der Waals surface area contributed by atoms with Crippen molar-refractivity contribution < 1.29 is 4.74 Å². The lowest BCUT2D eigenvalue weighted by Gasteiger charge is -2.15. The van der Waals surface area contributed by atoms with Crippen molar-refractivity contribution in [2.24, 2.45) is 0 Å². The number of aryl methyl sites for hydroxylation is 1. The monoisotopic (exact) mass is 287 g/mol. The highest BCUT2D eigenvalue weighted by molar-refractivity contribution is 5.44. The first kappa shape index (κ1) is 15.6. The summed E-state index contributed by atoms with van der Waals surface area (Å²) in [5.41, 5.74) is 3.46. The van der Waals surface area contributed by atoms with Gasteiger partial charge in [-0.2, -0.15) is 0 Å². The summed E-state index contributed by atoms with van der Waals surface area (Å²) < 4.78 is 7.26. The van der Waals surface area contributed by atoms with E-state index in [0.29, 0.717) is 12.5 Å². The number of imidazole rings is 1. The van der Waals surface area contributed by atoms with E-state index in [2.05, 4.69) is 59.9 Å².